The maximum atomic E-state index is 6.34. The van der Waals surface area contributed by atoms with Crippen LogP contribution in [0.3, 0.4) is 0 Å². The van der Waals surface area contributed by atoms with E-state index in [0.717, 1.165) is 18.9 Å². The number of hydrogen-bond donors (Lipinski definition) is 1. The fourth-order valence-electron chi connectivity index (χ4n) is 3.44. The molecule has 2 bridgehead atoms. The predicted octanol–water partition coefficient (Wildman–Crippen LogP) is 3.07. The van der Waals surface area contributed by atoms with E-state index in [0.29, 0.717) is 5.41 Å². The van der Waals surface area contributed by atoms with Crippen LogP contribution in [0, 0.1) is 5.41 Å². The second-order valence-corrected chi connectivity index (χ2v) is 6.51. The summed E-state index contributed by atoms with van der Waals surface area (Å²) in [4.78, 5) is 4.38. The lowest BCUT2D eigenvalue weighted by Crippen LogP contribution is -2.53. The number of aromatic nitrogens is 1. The van der Waals surface area contributed by atoms with Gasteiger partial charge < -0.3 is 10.5 Å². The molecule has 0 atom stereocenters. The summed E-state index contributed by atoms with van der Waals surface area (Å²) in [5, 5.41) is 0. The van der Waals surface area contributed by atoms with Gasteiger partial charge in [0.25, 0.3) is 0 Å². The molecule has 19 heavy (non-hydrogen) atoms. The van der Waals surface area contributed by atoms with Crippen molar-refractivity contribution in [3.05, 3.63) is 23.9 Å². The smallest absolute Gasteiger partial charge is 0.213 e. The average molecular weight is 260 g/mol. The highest BCUT2D eigenvalue weighted by molar-refractivity contribution is 5.18. The molecule has 0 saturated heterocycles. The highest BCUT2D eigenvalue weighted by Crippen LogP contribution is 2.51. The lowest BCUT2D eigenvalue weighted by molar-refractivity contribution is 0.00406. The highest BCUT2D eigenvalue weighted by atomic mass is 16.5. The summed E-state index contributed by atoms with van der Waals surface area (Å²) < 4.78 is 5.94. The van der Waals surface area contributed by atoms with E-state index in [1.54, 1.807) is 0 Å². The first-order valence-corrected chi connectivity index (χ1v) is 7.50. The maximum absolute atomic E-state index is 6.34. The Bertz CT molecular complexity index is 416. The second kappa shape index (κ2) is 4.78. The van der Waals surface area contributed by atoms with E-state index in [4.69, 9.17) is 10.5 Å². The summed E-state index contributed by atoms with van der Waals surface area (Å²) in [5.74, 6) is 0.765. The molecule has 3 saturated carbocycles. The van der Waals surface area contributed by atoms with Crippen molar-refractivity contribution in [3.8, 4) is 5.88 Å². The summed E-state index contributed by atoms with van der Waals surface area (Å²) in [6.45, 7) is 2.95. The van der Waals surface area contributed by atoms with Crippen LogP contribution in [0.5, 0.6) is 5.88 Å². The van der Waals surface area contributed by atoms with Crippen LogP contribution in [-0.4, -0.2) is 17.1 Å². The maximum Gasteiger partial charge on any atom is 0.213 e. The van der Waals surface area contributed by atoms with Gasteiger partial charge in [-0.05, 0) is 50.5 Å². The topological polar surface area (TPSA) is 48.1 Å². The molecule has 0 amide bonds. The summed E-state index contributed by atoms with van der Waals surface area (Å²) >= 11 is 0. The molecule has 0 unspecified atom stereocenters. The number of aryl methyl sites for hydroxylation is 1. The minimum atomic E-state index is 0.142. The van der Waals surface area contributed by atoms with Crippen molar-refractivity contribution < 1.29 is 4.74 Å². The van der Waals surface area contributed by atoms with Crippen molar-refractivity contribution in [2.45, 2.75) is 57.4 Å². The van der Waals surface area contributed by atoms with Gasteiger partial charge in [0.2, 0.25) is 5.88 Å². The second-order valence-electron chi connectivity index (χ2n) is 6.51. The third kappa shape index (κ3) is 2.62. The van der Waals surface area contributed by atoms with Crippen LogP contribution in [0.2, 0.25) is 0 Å². The van der Waals surface area contributed by atoms with Gasteiger partial charge in [-0.25, -0.2) is 4.98 Å². The van der Waals surface area contributed by atoms with E-state index in [-0.39, 0.29) is 5.54 Å². The number of nitrogens with zero attached hydrogens (tertiary/aromatic N) is 1. The molecular formula is C16H24N2O. The molecule has 0 radical (unpaired) electrons. The largest absolute Gasteiger partial charge is 0.477 e. The minimum absolute atomic E-state index is 0.142. The standard InChI is InChI=1S/C16H24N2O/c1-2-13-3-4-14(18-11-13)19-12-15-5-8-16(17,9-6-15)10-7-15/h3-4,11H,2,5-10,12,17H2,1H3. The monoisotopic (exact) mass is 260 g/mol. The van der Waals surface area contributed by atoms with Crippen LogP contribution in [0.4, 0.5) is 0 Å². The van der Waals surface area contributed by atoms with E-state index in [2.05, 4.69) is 18.0 Å². The molecule has 3 fully saturated rings. The summed E-state index contributed by atoms with van der Waals surface area (Å²) in [7, 11) is 0. The zero-order valence-electron chi connectivity index (χ0n) is 11.8. The van der Waals surface area contributed by atoms with Gasteiger partial charge in [-0.3, -0.25) is 0 Å². The lowest BCUT2D eigenvalue weighted by atomic mass is 9.58. The van der Waals surface area contributed by atoms with Crippen molar-refractivity contribution >= 4 is 0 Å². The third-order valence-electron chi connectivity index (χ3n) is 5.19. The molecule has 0 spiro atoms. The highest BCUT2D eigenvalue weighted by Gasteiger charge is 2.47. The minimum Gasteiger partial charge on any atom is -0.477 e. The van der Waals surface area contributed by atoms with Crippen LogP contribution in [0.25, 0.3) is 0 Å². The van der Waals surface area contributed by atoms with Crippen LogP contribution >= 0.6 is 0 Å². The van der Waals surface area contributed by atoms with E-state index in [1.165, 1.54) is 44.1 Å². The number of fused-ring (bicyclic) bond motifs is 3. The number of ether oxygens (including phenoxy) is 1. The summed E-state index contributed by atoms with van der Waals surface area (Å²) in [6, 6.07) is 4.10. The summed E-state index contributed by atoms with van der Waals surface area (Å²) in [6.07, 6.45) is 10.1. The number of hydrogen-bond acceptors (Lipinski definition) is 3. The van der Waals surface area contributed by atoms with E-state index >= 15 is 0 Å². The Morgan fingerprint density at radius 1 is 1.16 bits per heavy atom. The molecule has 3 aliphatic carbocycles. The molecule has 4 rings (SSSR count). The quantitative estimate of drug-likeness (QED) is 0.905. The fourth-order valence-corrected chi connectivity index (χ4v) is 3.44. The molecule has 1 heterocycles. The Morgan fingerprint density at radius 2 is 1.84 bits per heavy atom. The number of nitrogens with two attached hydrogens (primary N) is 1. The van der Waals surface area contributed by atoms with E-state index in [9.17, 15) is 0 Å². The van der Waals surface area contributed by atoms with Gasteiger partial charge in [0.1, 0.15) is 0 Å². The molecule has 0 aliphatic heterocycles. The number of rotatable bonds is 4. The lowest BCUT2D eigenvalue weighted by Gasteiger charge is -2.51. The number of pyridine rings is 1. The first-order valence-electron chi connectivity index (χ1n) is 7.50. The predicted molar refractivity (Wildman–Crippen MR) is 76.2 cm³/mol. The SMILES string of the molecule is CCc1ccc(OCC23CCC(N)(CC2)CC3)nc1. The Morgan fingerprint density at radius 3 is 2.37 bits per heavy atom. The van der Waals surface area contributed by atoms with Crippen LogP contribution in [0.1, 0.15) is 51.0 Å². The normalized spacial score (nSPS) is 33.4. The third-order valence-corrected chi connectivity index (χ3v) is 5.19. The van der Waals surface area contributed by atoms with Crippen molar-refractivity contribution in [1.82, 2.24) is 4.98 Å². The molecular weight excluding hydrogens is 236 g/mol. The van der Waals surface area contributed by atoms with Crippen molar-refractivity contribution in [2.75, 3.05) is 6.61 Å². The van der Waals surface area contributed by atoms with Crippen molar-refractivity contribution in [3.63, 3.8) is 0 Å². The first-order chi connectivity index (χ1) is 9.13. The van der Waals surface area contributed by atoms with Gasteiger partial charge >= 0.3 is 0 Å². The Hall–Kier alpha value is -1.09. The van der Waals surface area contributed by atoms with Gasteiger partial charge in [-0.1, -0.05) is 13.0 Å². The first kappa shape index (κ1) is 12.9. The molecule has 0 aromatic carbocycles. The molecule has 3 aliphatic rings. The van der Waals surface area contributed by atoms with Crippen LogP contribution in [0.15, 0.2) is 18.3 Å². The van der Waals surface area contributed by atoms with Gasteiger partial charge in [0.05, 0.1) is 6.61 Å². The van der Waals surface area contributed by atoms with Gasteiger partial charge in [0.15, 0.2) is 0 Å². The average Bonchev–Trinajstić information content (AvgIpc) is 2.47. The Balaban J connectivity index is 1.60. The van der Waals surface area contributed by atoms with Crippen LogP contribution < -0.4 is 10.5 Å². The Labute approximate surface area is 115 Å². The van der Waals surface area contributed by atoms with Crippen molar-refractivity contribution in [2.24, 2.45) is 11.1 Å². The molecule has 3 nitrogen and oxygen atoms in total. The molecule has 2 N–H and O–H groups in total. The van der Waals surface area contributed by atoms with Crippen LogP contribution in [-0.2, 0) is 6.42 Å². The molecule has 1 aromatic rings. The van der Waals surface area contributed by atoms with Gasteiger partial charge in [-0.15, -0.1) is 0 Å². The van der Waals surface area contributed by atoms with E-state index < -0.39 is 0 Å². The van der Waals surface area contributed by atoms with Gasteiger partial charge in [0, 0.05) is 23.2 Å². The van der Waals surface area contributed by atoms with Gasteiger partial charge in [-0.2, -0.15) is 0 Å². The molecule has 3 heteroatoms. The fraction of sp³-hybridized carbons (Fsp3) is 0.688. The van der Waals surface area contributed by atoms with Crippen molar-refractivity contribution in [1.29, 1.82) is 0 Å². The van der Waals surface area contributed by atoms with E-state index in [1.807, 2.05) is 12.3 Å². The zero-order chi connectivity index (χ0) is 13.3. The summed E-state index contributed by atoms with van der Waals surface area (Å²) in [5.41, 5.74) is 8.11. The zero-order valence-corrected chi connectivity index (χ0v) is 11.8. The Kier molecular flexibility index (Phi) is 3.25. The molecule has 1 aromatic heterocycles. The molecule has 104 valence electrons.